The van der Waals surface area contributed by atoms with Crippen molar-refractivity contribution in [2.75, 3.05) is 6.61 Å². The summed E-state index contributed by atoms with van der Waals surface area (Å²) in [6.45, 7) is 2.82. The zero-order valence-corrected chi connectivity index (χ0v) is 11.4. The summed E-state index contributed by atoms with van der Waals surface area (Å²) in [5.41, 5.74) is 6.13. The minimum absolute atomic E-state index is 0.0191. The number of hydrogen-bond donors (Lipinski definition) is 2. The fourth-order valence-electron chi connectivity index (χ4n) is 3.10. The van der Waals surface area contributed by atoms with Crippen molar-refractivity contribution in [1.29, 1.82) is 0 Å². The standard InChI is InChI=1S/C14H26N2O2/c1-10-9-11(7-8-18-10)16-14(17)12-5-3-2-4-6-13(12)15/h10-13H,2-9,15H2,1H3,(H,16,17). The van der Waals surface area contributed by atoms with Crippen LogP contribution in [0.5, 0.6) is 0 Å². The van der Waals surface area contributed by atoms with Crippen LogP contribution in [0.25, 0.3) is 0 Å². The molecular formula is C14H26N2O2. The van der Waals surface area contributed by atoms with Crippen LogP contribution in [0.1, 0.15) is 51.9 Å². The van der Waals surface area contributed by atoms with E-state index < -0.39 is 0 Å². The summed E-state index contributed by atoms with van der Waals surface area (Å²) < 4.78 is 5.50. The summed E-state index contributed by atoms with van der Waals surface area (Å²) in [4.78, 5) is 12.3. The molecule has 1 saturated heterocycles. The van der Waals surface area contributed by atoms with Crippen LogP contribution in [-0.2, 0) is 9.53 Å². The van der Waals surface area contributed by atoms with Crippen molar-refractivity contribution in [2.45, 2.75) is 70.1 Å². The predicted octanol–water partition coefficient (Wildman–Crippen LogP) is 1.58. The van der Waals surface area contributed by atoms with E-state index in [9.17, 15) is 4.79 Å². The van der Waals surface area contributed by atoms with Gasteiger partial charge in [-0.3, -0.25) is 4.79 Å². The Balaban J connectivity index is 1.85. The number of hydrogen-bond acceptors (Lipinski definition) is 3. The Bertz CT molecular complexity index is 283. The maximum absolute atomic E-state index is 12.3. The topological polar surface area (TPSA) is 64.4 Å². The molecule has 4 heteroatoms. The van der Waals surface area contributed by atoms with Gasteiger partial charge in [-0.1, -0.05) is 19.3 Å². The Morgan fingerprint density at radius 2 is 2.00 bits per heavy atom. The predicted molar refractivity (Wildman–Crippen MR) is 71.1 cm³/mol. The van der Waals surface area contributed by atoms with Crippen LogP contribution >= 0.6 is 0 Å². The molecule has 2 aliphatic rings. The first kappa shape index (κ1) is 13.8. The van der Waals surface area contributed by atoms with Gasteiger partial charge in [-0.2, -0.15) is 0 Å². The first-order valence-corrected chi connectivity index (χ1v) is 7.34. The molecule has 0 aromatic rings. The van der Waals surface area contributed by atoms with Crippen LogP contribution in [-0.4, -0.2) is 30.7 Å². The van der Waals surface area contributed by atoms with Crippen molar-refractivity contribution < 1.29 is 9.53 Å². The van der Waals surface area contributed by atoms with Gasteiger partial charge in [0.05, 0.1) is 12.0 Å². The van der Waals surface area contributed by atoms with Gasteiger partial charge in [-0.25, -0.2) is 0 Å². The van der Waals surface area contributed by atoms with Crippen molar-refractivity contribution in [2.24, 2.45) is 11.7 Å². The second-order valence-electron chi connectivity index (χ2n) is 5.82. The molecule has 18 heavy (non-hydrogen) atoms. The molecule has 1 heterocycles. The van der Waals surface area contributed by atoms with Gasteiger partial charge >= 0.3 is 0 Å². The summed E-state index contributed by atoms with van der Waals surface area (Å²) in [6.07, 6.45) is 7.56. The highest BCUT2D eigenvalue weighted by molar-refractivity contribution is 5.79. The van der Waals surface area contributed by atoms with Gasteiger partial charge in [0.1, 0.15) is 0 Å². The molecule has 3 N–H and O–H groups in total. The molecule has 1 aliphatic carbocycles. The molecule has 2 rings (SSSR count). The molecule has 0 aromatic carbocycles. The van der Waals surface area contributed by atoms with Crippen LogP contribution in [0.15, 0.2) is 0 Å². The van der Waals surface area contributed by atoms with Crippen LogP contribution in [0.3, 0.4) is 0 Å². The van der Waals surface area contributed by atoms with E-state index in [4.69, 9.17) is 10.5 Å². The smallest absolute Gasteiger partial charge is 0.224 e. The Morgan fingerprint density at radius 1 is 1.22 bits per heavy atom. The minimum atomic E-state index is 0.0191. The Hall–Kier alpha value is -0.610. The normalized spacial score (nSPS) is 37.9. The highest BCUT2D eigenvalue weighted by Crippen LogP contribution is 2.23. The third kappa shape index (κ3) is 3.69. The molecule has 4 atom stereocenters. The molecule has 1 saturated carbocycles. The summed E-state index contributed by atoms with van der Waals surface area (Å²) in [5.74, 6) is 0.189. The fraction of sp³-hybridized carbons (Fsp3) is 0.929. The minimum Gasteiger partial charge on any atom is -0.378 e. The van der Waals surface area contributed by atoms with Gasteiger partial charge in [0.15, 0.2) is 0 Å². The van der Waals surface area contributed by atoms with Crippen molar-refractivity contribution in [3.63, 3.8) is 0 Å². The quantitative estimate of drug-likeness (QED) is 0.735. The van der Waals surface area contributed by atoms with Gasteiger partial charge in [0.25, 0.3) is 0 Å². The lowest BCUT2D eigenvalue weighted by Crippen LogP contribution is -2.47. The van der Waals surface area contributed by atoms with Gasteiger partial charge in [0, 0.05) is 18.7 Å². The Kier molecular flexibility index (Phi) is 5.01. The van der Waals surface area contributed by atoms with Crippen LogP contribution in [0.2, 0.25) is 0 Å². The van der Waals surface area contributed by atoms with Gasteiger partial charge in [0.2, 0.25) is 5.91 Å². The summed E-state index contributed by atoms with van der Waals surface area (Å²) >= 11 is 0. The number of rotatable bonds is 2. The van der Waals surface area contributed by atoms with Gasteiger partial charge in [-0.05, 0) is 32.6 Å². The molecule has 0 bridgehead atoms. The largest absolute Gasteiger partial charge is 0.378 e. The number of ether oxygens (including phenoxy) is 1. The van der Waals surface area contributed by atoms with Gasteiger partial charge in [-0.15, -0.1) is 0 Å². The summed E-state index contributed by atoms with van der Waals surface area (Å²) in [5, 5.41) is 3.18. The second-order valence-corrected chi connectivity index (χ2v) is 5.82. The SMILES string of the molecule is CC1CC(NC(=O)C2CCCCCC2N)CCO1. The van der Waals surface area contributed by atoms with Crippen LogP contribution in [0, 0.1) is 5.92 Å². The molecule has 104 valence electrons. The third-order valence-electron chi connectivity index (χ3n) is 4.24. The van der Waals surface area contributed by atoms with E-state index in [2.05, 4.69) is 12.2 Å². The van der Waals surface area contributed by atoms with Crippen LogP contribution in [0.4, 0.5) is 0 Å². The molecule has 0 aromatic heterocycles. The van der Waals surface area contributed by atoms with Crippen molar-refractivity contribution in [3.05, 3.63) is 0 Å². The maximum Gasteiger partial charge on any atom is 0.224 e. The summed E-state index contributed by atoms with van der Waals surface area (Å²) in [6, 6.07) is 0.321. The highest BCUT2D eigenvalue weighted by atomic mass is 16.5. The van der Waals surface area contributed by atoms with E-state index in [1.165, 1.54) is 12.8 Å². The second kappa shape index (κ2) is 6.53. The van der Waals surface area contributed by atoms with Gasteiger partial charge < -0.3 is 15.8 Å². The number of carbonyl (C=O) groups excluding carboxylic acids is 1. The number of carbonyl (C=O) groups is 1. The average molecular weight is 254 g/mol. The summed E-state index contributed by atoms with van der Waals surface area (Å²) in [7, 11) is 0. The molecule has 0 spiro atoms. The lowest BCUT2D eigenvalue weighted by atomic mass is 9.93. The zero-order valence-electron chi connectivity index (χ0n) is 11.4. The molecule has 4 nitrogen and oxygen atoms in total. The average Bonchev–Trinajstić information content (AvgIpc) is 2.54. The maximum atomic E-state index is 12.3. The van der Waals surface area contributed by atoms with E-state index in [0.29, 0.717) is 0 Å². The lowest BCUT2D eigenvalue weighted by Gasteiger charge is -2.30. The van der Waals surface area contributed by atoms with E-state index in [1.807, 2.05) is 0 Å². The first-order chi connectivity index (χ1) is 8.66. The number of nitrogens with one attached hydrogen (secondary N) is 1. The first-order valence-electron chi connectivity index (χ1n) is 7.34. The highest BCUT2D eigenvalue weighted by Gasteiger charge is 2.29. The Labute approximate surface area is 110 Å². The monoisotopic (exact) mass is 254 g/mol. The lowest BCUT2D eigenvalue weighted by molar-refractivity contribution is -0.127. The van der Waals surface area contributed by atoms with Crippen molar-refractivity contribution >= 4 is 5.91 Å². The van der Waals surface area contributed by atoms with Crippen molar-refractivity contribution in [1.82, 2.24) is 5.32 Å². The third-order valence-corrected chi connectivity index (χ3v) is 4.24. The Morgan fingerprint density at radius 3 is 2.78 bits per heavy atom. The van der Waals surface area contributed by atoms with Crippen molar-refractivity contribution in [3.8, 4) is 0 Å². The molecule has 1 aliphatic heterocycles. The van der Waals surface area contributed by atoms with Crippen LogP contribution < -0.4 is 11.1 Å². The molecular weight excluding hydrogens is 228 g/mol. The van der Waals surface area contributed by atoms with E-state index in [0.717, 1.165) is 38.7 Å². The van der Waals surface area contributed by atoms with E-state index in [-0.39, 0.29) is 30.0 Å². The zero-order chi connectivity index (χ0) is 13.0. The fourth-order valence-corrected chi connectivity index (χ4v) is 3.10. The number of nitrogens with two attached hydrogens (primary N) is 1. The number of amides is 1. The van der Waals surface area contributed by atoms with E-state index >= 15 is 0 Å². The molecule has 1 amide bonds. The van der Waals surface area contributed by atoms with E-state index in [1.54, 1.807) is 0 Å². The molecule has 0 radical (unpaired) electrons. The molecule has 4 unspecified atom stereocenters. The molecule has 2 fully saturated rings.